The molecule has 1 rings (SSSR count). The molecule has 0 spiro atoms. The molecule has 2 N–H and O–H groups in total. The molecular formula is C9H10BrF2NO. The highest BCUT2D eigenvalue weighted by Crippen LogP contribution is 2.25. The van der Waals surface area contributed by atoms with Gasteiger partial charge in [-0.05, 0) is 28.1 Å². The molecule has 0 saturated carbocycles. The molecule has 78 valence electrons. The third-order valence-corrected chi connectivity index (χ3v) is 2.23. The predicted octanol–water partition coefficient (Wildman–Crippen LogP) is 2.42. The fourth-order valence-electron chi connectivity index (χ4n) is 0.804. The number of ether oxygens (including phenoxy) is 1. The van der Waals surface area contributed by atoms with Crippen LogP contribution in [0.25, 0.3) is 0 Å². The van der Waals surface area contributed by atoms with E-state index in [9.17, 15) is 8.78 Å². The molecule has 5 heteroatoms. The summed E-state index contributed by atoms with van der Waals surface area (Å²) >= 11 is 3.18. The normalized spacial score (nSPS) is 11.4. The Hall–Kier alpha value is -0.680. The van der Waals surface area contributed by atoms with Crippen molar-refractivity contribution < 1.29 is 13.5 Å². The van der Waals surface area contributed by atoms with Crippen LogP contribution in [-0.4, -0.2) is 19.1 Å². The van der Waals surface area contributed by atoms with Crippen molar-refractivity contribution in [3.8, 4) is 5.75 Å². The molecule has 0 aliphatic heterocycles. The molecule has 0 bridgehead atoms. The molecule has 0 radical (unpaired) electrons. The summed E-state index contributed by atoms with van der Waals surface area (Å²) in [7, 11) is 0. The van der Waals surface area contributed by atoms with E-state index in [1.165, 1.54) is 0 Å². The monoisotopic (exact) mass is 265 g/mol. The molecule has 2 nitrogen and oxygen atoms in total. The molecule has 1 aromatic rings. The van der Waals surface area contributed by atoms with Crippen molar-refractivity contribution in [1.82, 2.24) is 0 Å². The van der Waals surface area contributed by atoms with Gasteiger partial charge in [0.05, 0.1) is 11.0 Å². The predicted molar refractivity (Wildman–Crippen MR) is 53.6 cm³/mol. The van der Waals surface area contributed by atoms with Gasteiger partial charge in [0.1, 0.15) is 5.75 Å². The summed E-state index contributed by atoms with van der Waals surface area (Å²) in [5.41, 5.74) is 4.87. The number of halogens is 3. The van der Waals surface area contributed by atoms with Crippen LogP contribution in [0.3, 0.4) is 0 Å². The molecule has 0 heterocycles. The summed E-state index contributed by atoms with van der Waals surface area (Å²) in [5, 5.41) is 0. The second-order valence-electron chi connectivity index (χ2n) is 2.78. The summed E-state index contributed by atoms with van der Waals surface area (Å²) in [4.78, 5) is 0. The molecule has 14 heavy (non-hydrogen) atoms. The molecular weight excluding hydrogens is 256 g/mol. The zero-order chi connectivity index (χ0) is 10.6. The van der Waals surface area contributed by atoms with Gasteiger partial charge in [0.15, 0.2) is 6.61 Å². The van der Waals surface area contributed by atoms with Crippen LogP contribution < -0.4 is 10.5 Å². The van der Waals surface area contributed by atoms with E-state index in [2.05, 4.69) is 15.9 Å². The summed E-state index contributed by atoms with van der Waals surface area (Å²) in [6.07, 6.45) is 0. The van der Waals surface area contributed by atoms with Gasteiger partial charge in [-0.3, -0.25) is 0 Å². The zero-order valence-electron chi connectivity index (χ0n) is 7.34. The van der Waals surface area contributed by atoms with Crippen LogP contribution in [0.1, 0.15) is 0 Å². The first-order valence-corrected chi connectivity index (χ1v) is 4.80. The van der Waals surface area contributed by atoms with E-state index >= 15 is 0 Å². The van der Waals surface area contributed by atoms with Gasteiger partial charge in [0.2, 0.25) is 0 Å². The first-order chi connectivity index (χ1) is 6.55. The molecule has 0 aliphatic rings. The van der Waals surface area contributed by atoms with Gasteiger partial charge in [0.25, 0.3) is 5.92 Å². The lowest BCUT2D eigenvalue weighted by Gasteiger charge is -2.15. The van der Waals surface area contributed by atoms with Gasteiger partial charge in [-0.2, -0.15) is 0 Å². The smallest absolute Gasteiger partial charge is 0.293 e. The highest BCUT2D eigenvalue weighted by molar-refractivity contribution is 9.10. The van der Waals surface area contributed by atoms with Crippen molar-refractivity contribution in [2.45, 2.75) is 5.92 Å². The summed E-state index contributed by atoms with van der Waals surface area (Å²) in [6.45, 7) is -1.41. The average molecular weight is 266 g/mol. The third-order valence-electron chi connectivity index (χ3n) is 1.57. The van der Waals surface area contributed by atoms with Crippen molar-refractivity contribution >= 4 is 15.9 Å². The second-order valence-corrected chi connectivity index (χ2v) is 3.63. The Labute approximate surface area is 89.2 Å². The van der Waals surface area contributed by atoms with E-state index in [1.807, 2.05) is 0 Å². The van der Waals surface area contributed by atoms with E-state index in [4.69, 9.17) is 10.5 Å². The Morgan fingerprint density at radius 3 is 2.57 bits per heavy atom. The van der Waals surface area contributed by atoms with Crippen molar-refractivity contribution in [1.29, 1.82) is 0 Å². The van der Waals surface area contributed by atoms with Crippen LogP contribution in [0.5, 0.6) is 5.75 Å². The maximum absolute atomic E-state index is 12.7. The van der Waals surface area contributed by atoms with E-state index < -0.39 is 19.1 Å². The van der Waals surface area contributed by atoms with Gasteiger partial charge in [0, 0.05) is 0 Å². The van der Waals surface area contributed by atoms with E-state index in [-0.39, 0.29) is 0 Å². The number of hydrogen-bond donors (Lipinski definition) is 1. The Bertz CT molecular complexity index is 307. The lowest BCUT2D eigenvalue weighted by Crippen LogP contribution is -2.34. The topological polar surface area (TPSA) is 35.2 Å². The Balaban J connectivity index is 2.58. The third kappa shape index (κ3) is 3.23. The lowest BCUT2D eigenvalue weighted by atomic mass is 10.3. The summed E-state index contributed by atoms with van der Waals surface area (Å²) in [6, 6.07) is 6.81. The molecule has 0 unspecified atom stereocenters. The van der Waals surface area contributed by atoms with E-state index in [0.717, 1.165) is 0 Å². The van der Waals surface area contributed by atoms with Crippen LogP contribution in [0.15, 0.2) is 28.7 Å². The minimum absolute atomic E-state index is 0.389. The number of rotatable bonds is 4. The van der Waals surface area contributed by atoms with Crippen molar-refractivity contribution in [2.24, 2.45) is 5.73 Å². The second kappa shape index (κ2) is 4.70. The Morgan fingerprint density at radius 1 is 1.36 bits per heavy atom. The number of nitrogens with two attached hydrogens (primary N) is 1. The quantitative estimate of drug-likeness (QED) is 0.908. The zero-order valence-corrected chi connectivity index (χ0v) is 8.93. The van der Waals surface area contributed by atoms with Crippen LogP contribution in [0.4, 0.5) is 8.78 Å². The number of alkyl halides is 2. The maximum Gasteiger partial charge on any atom is 0.293 e. The Morgan fingerprint density at radius 2 is 2.00 bits per heavy atom. The van der Waals surface area contributed by atoms with Crippen LogP contribution >= 0.6 is 15.9 Å². The van der Waals surface area contributed by atoms with Gasteiger partial charge in [-0.15, -0.1) is 0 Å². The molecule has 1 aromatic carbocycles. The molecule has 0 aromatic heterocycles. The minimum atomic E-state index is -2.98. The van der Waals surface area contributed by atoms with E-state index in [1.54, 1.807) is 24.3 Å². The van der Waals surface area contributed by atoms with Crippen LogP contribution in [-0.2, 0) is 0 Å². The fourth-order valence-corrected chi connectivity index (χ4v) is 1.20. The maximum atomic E-state index is 12.7. The van der Waals surface area contributed by atoms with Gasteiger partial charge in [-0.25, -0.2) is 8.78 Å². The first kappa shape index (κ1) is 11.4. The molecule has 0 fully saturated rings. The Kier molecular flexibility index (Phi) is 3.83. The van der Waals surface area contributed by atoms with E-state index in [0.29, 0.717) is 10.2 Å². The first-order valence-electron chi connectivity index (χ1n) is 4.00. The highest BCUT2D eigenvalue weighted by atomic mass is 79.9. The summed E-state index contributed by atoms with van der Waals surface area (Å²) in [5.74, 6) is -2.59. The molecule has 0 saturated heterocycles. The van der Waals surface area contributed by atoms with Gasteiger partial charge >= 0.3 is 0 Å². The SMILES string of the molecule is NCC(F)(F)COc1ccccc1Br. The van der Waals surface area contributed by atoms with Crippen LogP contribution in [0.2, 0.25) is 0 Å². The lowest BCUT2D eigenvalue weighted by molar-refractivity contribution is -0.0321. The van der Waals surface area contributed by atoms with Crippen molar-refractivity contribution in [2.75, 3.05) is 13.2 Å². The highest BCUT2D eigenvalue weighted by Gasteiger charge is 2.27. The molecule has 0 aliphatic carbocycles. The average Bonchev–Trinajstić information content (AvgIpc) is 2.17. The number of hydrogen-bond acceptors (Lipinski definition) is 2. The van der Waals surface area contributed by atoms with Crippen molar-refractivity contribution in [3.05, 3.63) is 28.7 Å². The fraction of sp³-hybridized carbons (Fsp3) is 0.333. The minimum Gasteiger partial charge on any atom is -0.486 e. The standard InChI is InChI=1S/C9H10BrF2NO/c10-7-3-1-2-4-8(7)14-6-9(11,12)5-13/h1-4H,5-6,13H2. The molecule has 0 amide bonds. The van der Waals surface area contributed by atoms with Gasteiger partial charge in [-0.1, -0.05) is 12.1 Å². The van der Waals surface area contributed by atoms with Gasteiger partial charge < -0.3 is 10.5 Å². The number of benzene rings is 1. The van der Waals surface area contributed by atoms with Crippen LogP contribution in [0, 0.1) is 0 Å². The van der Waals surface area contributed by atoms with Crippen molar-refractivity contribution in [3.63, 3.8) is 0 Å². The summed E-state index contributed by atoms with van der Waals surface area (Å²) < 4.78 is 31.0. The number of para-hydroxylation sites is 1. The molecule has 0 atom stereocenters. The largest absolute Gasteiger partial charge is 0.486 e.